The molecule has 2 heteroatoms. The molecule has 1 aromatic heterocycles. The average molecular weight is 588 g/mol. The molecular weight excluding hydrogens is 558 g/mol. The van der Waals surface area contributed by atoms with Crippen LogP contribution in [-0.2, 0) is 0 Å². The fraction of sp³-hybridized carbons (Fsp3) is 0. The smallest absolute Gasteiger partial charge is 0.135 e. The molecule has 1 heterocycles. The highest BCUT2D eigenvalue weighted by Crippen LogP contribution is 2.45. The molecule has 216 valence electrons. The Morgan fingerprint density at radius 1 is 0.370 bits per heavy atom. The summed E-state index contributed by atoms with van der Waals surface area (Å²) in [4.78, 5) is 2.42. The molecule has 0 unspecified atom stereocenters. The molecule has 0 radical (unpaired) electrons. The summed E-state index contributed by atoms with van der Waals surface area (Å²) in [6, 6.07) is 62.9. The molecule has 8 aromatic carbocycles. The number of rotatable bonds is 5. The van der Waals surface area contributed by atoms with Crippen LogP contribution in [0.1, 0.15) is 0 Å². The van der Waals surface area contributed by atoms with Gasteiger partial charge in [0.2, 0.25) is 0 Å². The zero-order valence-corrected chi connectivity index (χ0v) is 25.1. The van der Waals surface area contributed by atoms with Crippen molar-refractivity contribution in [2.24, 2.45) is 0 Å². The van der Waals surface area contributed by atoms with Gasteiger partial charge in [0, 0.05) is 27.4 Å². The minimum absolute atomic E-state index is 0.877. The van der Waals surface area contributed by atoms with Gasteiger partial charge in [0.05, 0.1) is 11.4 Å². The maximum absolute atomic E-state index is 6.24. The molecule has 0 saturated heterocycles. The SMILES string of the molecule is c1cc(-c2cc3ccccc3o2)cc(-c2ccc(N(c3ccc4ccccc4c3)c3cccc4ccccc34)c3ccccc23)c1. The van der Waals surface area contributed by atoms with E-state index in [1.54, 1.807) is 0 Å². The summed E-state index contributed by atoms with van der Waals surface area (Å²) < 4.78 is 6.24. The van der Waals surface area contributed by atoms with Crippen molar-refractivity contribution >= 4 is 60.3 Å². The third-order valence-corrected chi connectivity index (χ3v) is 9.02. The normalized spacial score (nSPS) is 11.5. The van der Waals surface area contributed by atoms with E-state index >= 15 is 0 Å². The first kappa shape index (κ1) is 26.3. The monoisotopic (exact) mass is 587 g/mol. The van der Waals surface area contributed by atoms with E-state index in [-0.39, 0.29) is 0 Å². The van der Waals surface area contributed by atoms with Gasteiger partial charge >= 0.3 is 0 Å². The Kier molecular flexibility index (Phi) is 6.17. The second-order valence-electron chi connectivity index (χ2n) is 11.8. The Labute approximate surface area is 267 Å². The maximum Gasteiger partial charge on any atom is 0.135 e. The van der Waals surface area contributed by atoms with E-state index in [4.69, 9.17) is 4.42 Å². The van der Waals surface area contributed by atoms with Gasteiger partial charge in [0.15, 0.2) is 0 Å². The molecule has 0 spiro atoms. The fourth-order valence-electron chi connectivity index (χ4n) is 6.82. The van der Waals surface area contributed by atoms with E-state index in [0.717, 1.165) is 44.9 Å². The summed E-state index contributed by atoms with van der Waals surface area (Å²) in [7, 11) is 0. The van der Waals surface area contributed by atoms with Crippen molar-refractivity contribution in [3.05, 3.63) is 176 Å². The van der Waals surface area contributed by atoms with Crippen LogP contribution in [0.25, 0.3) is 65.7 Å². The Bertz CT molecular complexity index is 2520. The molecule has 0 N–H and O–H groups in total. The van der Waals surface area contributed by atoms with Crippen LogP contribution in [0.3, 0.4) is 0 Å². The van der Waals surface area contributed by atoms with Crippen LogP contribution in [0.4, 0.5) is 17.1 Å². The highest BCUT2D eigenvalue weighted by atomic mass is 16.3. The van der Waals surface area contributed by atoms with E-state index < -0.39 is 0 Å². The first-order valence-corrected chi connectivity index (χ1v) is 15.7. The first-order chi connectivity index (χ1) is 22.8. The quantitative estimate of drug-likeness (QED) is 0.199. The van der Waals surface area contributed by atoms with Gasteiger partial charge < -0.3 is 9.32 Å². The summed E-state index contributed by atoms with van der Waals surface area (Å²) in [6.45, 7) is 0. The minimum Gasteiger partial charge on any atom is -0.456 e. The van der Waals surface area contributed by atoms with Crippen LogP contribution >= 0.6 is 0 Å². The summed E-state index contributed by atoms with van der Waals surface area (Å²) >= 11 is 0. The van der Waals surface area contributed by atoms with Crippen LogP contribution in [-0.4, -0.2) is 0 Å². The van der Waals surface area contributed by atoms with Crippen LogP contribution in [0.15, 0.2) is 180 Å². The lowest BCUT2D eigenvalue weighted by molar-refractivity contribution is 0.631. The number of para-hydroxylation sites is 1. The number of benzene rings is 8. The van der Waals surface area contributed by atoms with E-state index in [0.29, 0.717) is 0 Å². The van der Waals surface area contributed by atoms with Crippen molar-refractivity contribution in [3.8, 4) is 22.5 Å². The lowest BCUT2D eigenvalue weighted by atomic mass is 9.94. The summed E-state index contributed by atoms with van der Waals surface area (Å²) in [5.41, 5.74) is 7.73. The second-order valence-corrected chi connectivity index (χ2v) is 11.8. The third-order valence-electron chi connectivity index (χ3n) is 9.02. The van der Waals surface area contributed by atoms with Crippen molar-refractivity contribution in [2.75, 3.05) is 4.90 Å². The van der Waals surface area contributed by atoms with Crippen molar-refractivity contribution in [1.29, 1.82) is 0 Å². The number of hydrogen-bond acceptors (Lipinski definition) is 2. The van der Waals surface area contributed by atoms with Gasteiger partial charge in [-0.3, -0.25) is 0 Å². The zero-order valence-electron chi connectivity index (χ0n) is 25.1. The van der Waals surface area contributed by atoms with E-state index in [9.17, 15) is 0 Å². The Morgan fingerprint density at radius 3 is 1.89 bits per heavy atom. The molecule has 46 heavy (non-hydrogen) atoms. The molecular formula is C44H29NO. The number of nitrogens with zero attached hydrogens (tertiary/aromatic N) is 1. The Morgan fingerprint density at radius 2 is 1.02 bits per heavy atom. The first-order valence-electron chi connectivity index (χ1n) is 15.7. The third kappa shape index (κ3) is 4.43. The molecule has 0 amide bonds. The lowest BCUT2D eigenvalue weighted by Crippen LogP contribution is -2.11. The van der Waals surface area contributed by atoms with Gasteiger partial charge in [-0.05, 0) is 75.1 Å². The van der Waals surface area contributed by atoms with Crippen molar-refractivity contribution < 1.29 is 4.42 Å². The number of hydrogen-bond donors (Lipinski definition) is 0. The van der Waals surface area contributed by atoms with Gasteiger partial charge in [-0.2, -0.15) is 0 Å². The largest absolute Gasteiger partial charge is 0.456 e. The summed E-state index contributed by atoms with van der Waals surface area (Å²) in [5.74, 6) is 0.877. The van der Waals surface area contributed by atoms with Gasteiger partial charge in [0.25, 0.3) is 0 Å². The van der Waals surface area contributed by atoms with Crippen LogP contribution in [0.5, 0.6) is 0 Å². The van der Waals surface area contributed by atoms with Crippen LogP contribution in [0, 0.1) is 0 Å². The predicted octanol–water partition coefficient (Wildman–Crippen LogP) is 12.7. The molecule has 0 aliphatic heterocycles. The Balaban J connectivity index is 1.25. The van der Waals surface area contributed by atoms with Gasteiger partial charge in [-0.15, -0.1) is 0 Å². The summed E-state index contributed by atoms with van der Waals surface area (Å²) in [5, 5.41) is 8.38. The minimum atomic E-state index is 0.877. The van der Waals surface area contributed by atoms with Crippen LogP contribution < -0.4 is 4.90 Å². The molecule has 0 fully saturated rings. The second kappa shape index (κ2) is 10.8. The predicted molar refractivity (Wildman–Crippen MR) is 194 cm³/mol. The maximum atomic E-state index is 6.24. The molecule has 0 bridgehead atoms. The van der Waals surface area contributed by atoms with Crippen LogP contribution in [0.2, 0.25) is 0 Å². The van der Waals surface area contributed by atoms with Gasteiger partial charge in [0.1, 0.15) is 11.3 Å². The van der Waals surface area contributed by atoms with E-state index in [1.165, 1.54) is 37.9 Å². The molecule has 2 nitrogen and oxygen atoms in total. The molecule has 0 atom stereocenters. The number of anilines is 3. The molecule has 9 aromatic rings. The van der Waals surface area contributed by atoms with Crippen molar-refractivity contribution in [1.82, 2.24) is 0 Å². The number of furan rings is 1. The highest BCUT2D eigenvalue weighted by molar-refractivity contribution is 6.09. The molecule has 0 aliphatic carbocycles. The molecule has 0 saturated carbocycles. The molecule has 0 aliphatic rings. The van der Waals surface area contributed by atoms with Crippen molar-refractivity contribution in [2.45, 2.75) is 0 Å². The highest BCUT2D eigenvalue weighted by Gasteiger charge is 2.20. The Hall–Kier alpha value is -6.12. The summed E-state index contributed by atoms with van der Waals surface area (Å²) in [6.07, 6.45) is 0. The average Bonchev–Trinajstić information content (AvgIpc) is 3.57. The van der Waals surface area contributed by atoms with Crippen molar-refractivity contribution in [3.63, 3.8) is 0 Å². The standard InChI is InChI=1S/C44H29NO/c1-2-13-32-28-36(24-23-30(32)11-1)45(41-21-10-15-31-12-3-5-18-38(31)41)42-26-25-37(39-19-6-7-20-40(39)42)33-16-9-17-34(27-33)44-29-35-14-4-8-22-43(35)46-44/h1-29H. The van der Waals surface area contributed by atoms with Gasteiger partial charge in [-0.1, -0.05) is 133 Å². The number of fused-ring (bicyclic) bond motifs is 4. The molecule has 9 rings (SSSR count). The van der Waals surface area contributed by atoms with Gasteiger partial charge in [-0.25, -0.2) is 0 Å². The lowest BCUT2D eigenvalue weighted by Gasteiger charge is -2.29. The van der Waals surface area contributed by atoms with E-state index in [1.807, 2.05) is 18.2 Å². The van der Waals surface area contributed by atoms with E-state index in [2.05, 4.69) is 163 Å². The zero-order chi connectivity index (χ0) is 30.5. The fourth-order valence-corrected chi connectivity index (χ4v) is 6.82. The topological polar surface area (TPSA) is 16.4 Å².